The van der Waals surface area contributed by atoms with Gasteiger partial charge in [0.2, 0.25) is 0 Å². The number of aliphatic hydroxyl groups excluding tert-OH is 1. The van der Waals surface area contributed by atoms with Gasteiger partial charge in [0, 0.05) is 15.5 Å². The molecule has 2 aromatic rings. The summed E-state index contributed by atoms with van der Waals surface area (Å²) in [6.07, 6.45) is -1.07. The van der Waals surface area contributed by atoms with Gasteiger partial charge in [-0.05, 0) is 40.2 Å². The number of rotatable bonds is 2. The Morgan fingerprint density at radius 2 is 2.00 bits per heavy atom. The van der Waals surface area contributed by atoms with Crippen molar-refractivity contribution in [1.82, 2.24) is 0 Å². The van der Waals surface area contributed by atoms with Crippen LogP contribution in [0.1, 0.15) is 16.5 Å². The average Bonchev–Trinajstić information content (AvgIpc) is 2.62. The molecule has 0 aliphatic carbocycles. The van der Waals surface area contributed by atoms with Crippen LogP contribution in [0.2, 0.25) is 10.0 Å². The van der Waals surface area contributed by atoms with Crippen molar-refractivity contribution in [3.63, 3.8) is 0 Å². The van der Waals surface area contributed by atoms with E-state index in [1.54, 1.807) is 6.07 Å². The maximum absolute atomic E-state index is 13.6. The molecule has 1 aromatic heterocycles. The standard InChI is InChI=1S/C11H6BrCl2FOS/c12-11-7(14)4-9(17-11)10(16)6-3-5(13)1-2-8(6)15/h1-4,10,16H. The van der Waals surface area contributed by atoms with Crippen molar-refractivity contribution >= 4 is 50.5 Å². The first-order valence-electron chi connectivity index (χ1n) is 4.57. The molecule has 0 saturated carbocycles. The van der Waals surface area contributed by atoms with Crippen molar-refractivity contribution < 1.29 is 9.50 Å². The summed E-state index contributed by atoms with van der Waals surface area (Å²) < 4.78 is 14.3. The predicted octanol–water partition coefficient (Wildman–Crippen LogP) is 5.04. The maximum atomic E-state index is 13.6. The Labute approximate surface area is 120 Å². The van der Waals surface area contributed by atoms with E-state index in [1.165, 1.54) is 29.5 Å². The van der Waals surface area contributed by atoms with Gasteiger partial charge < -0.3 is 5.11 Å². The molecule has 1 N–H and O–H groups in total. The SMILES string of the molecule is OC(c1cc(Cl)c(Br)s1)c1cc(Cl)ccc1F. The summed E-state index contributed by atoms with van der Waals surface area (Å²) in [6, 6.07) is 5.67. The fourth-order valence-corrected chi connectivity index (χ4v) is 3.31. The monoisotopic (exact) mass is 354 g/mol. The Hall–Kier alpha value is -0.130. The third-order valence-electron chi connectivity index (χ3n) is 2.19. The minimum atomic E-state index is -1.07. The number of hydrogen-bond acceptors (Lipinski definition) is 2. The van der Waals surface area contributed by atoms with E-state index >= 15 is 0 Å². The lowest BCUT2D eigenvalue weighted by Crippen LogP contribution is -2.00. The number of benzene rings is 1. The lowest BCUT2D eigenvalue weighted by atomic mass is 10.1. The van der Waals surface area contributed by atoms with Crippen molar-refractivity contribution in [3.8, 4) is 0 Å². The summed E-state index contributed by atoms with van der Waals surface area (Å²) >= 11 is 16.1. The molecule has 1 atom stereocenters. The number of halogens is 4. The van der Waals surface area contributed by atoms with E-state index in [0.717, 1.165) is 0 Å². The highest BCUT2D eigenvalue weighted by atomic mass is 79.9. The van der Waals surface area contributed by atoms with Crippen LogP contribution in [-0.4, -0.2) is 5.11 Å². The third-order valence-corrected chi connectivity index (χ3v) is 4.95. The van der Waals surface area contributed by atoms with Crippen molar-refractivity contribution in [1.29, 1.82) is 0 Å². The zero-order chi connectivity index (χ0) is 12.6. The van der Waals surface area contributed by atoms with E-state index in [9.17, 15) is 9.50 Å². The molecular weight excluding hydrogens is 350 g/mol. The Balaban J connectivity index is 2.42. The van der Waals surface area contributed by atoms with E-state index in [1.807, 2.05) is 0 Å². The second-order valence-corrected chi connectivity index (χ2v) is 6.58. The molecular formula is C11H6BrCl2FOS. The Morgan fingerprint density at radius 1 is 1.29 bits per heavy atom. The predicted molar refractivity (Wildman–Crippen MR) is 72.5 cm³/mol. The molecule has 6 heteroatoms. The van der Waals surface area contributed by atoms with E-state index in [-0.39, 0.29) is 5.56 Å². The molecule has 1 aromatic carbocycles. The molecule has 0 aliphatic heterocycles. The first-order valence-corrected chi connectivity index (χ1v) is 6.93. The van der Waals surface area contributed by atoms with E-state index in [0.29, 0.717) is 18.7 Å². The van der Waals surface area contributed by atoms with Gasteiger partial charge in [0.15, 0.2) is 0 Å². The third kappa shape index (κ3) is 2.83. The molecule has 1 unspecified atom stereocenters. The number of aliphatic hydroxyl groups is 1. The Kier molecular flexibility index (Phi) is 4.10. The van der Waals surface area contributed by atoms with Crippen LogP contribution in [0.4, 0.5) is 4.39 Å². The highest BCUT2D eigenvalue weighted by Gasteiger charge is 2.18. The molecule has 1 heterocycles. The van der Waals surface area contributed by atoms with Gasteiger partial charge in [0.1, 0.15) is 11.9 Å². The van der Waals surface area contributed by atoms with Gasteiger partial charge in [0.25, 0.3) is 0 Å². The molecule has 1 nitrogen and oxygen atoms in total. The van der Waals surface area contributed by atoms with Crippen LogP contribution in [0.3, 0.4) is 0 Å². The molecule has 0 radical (unpaired) electrons. The second-order valence-electron chi connectivity index (χ2n) is 3.34. The highest BCUT2D eigenvalue weighted by Crippen LogP contribution is 2.38. The van der Waals surface area contributed by atoms with Crippen molar-refractivity contribution in [2.24, 2.45) is 0 Å². The second kappa shape index (κ2) is 5.24. The topological polar surface area (TPSA) is 20.2 Å². The van der Waals surface area contributed by atoms with Gasteiger partial charge in [-0.15, -0.1) is 11.3 Å². The molecule has 0 bridgehead atoms. The fraction of sp³-hybridized carbons (Fsp3) is 0.0909. The summed E-state index contributed by atoms with van der Waals surface area (Å²) in [4.78, 5) is 0.558. The molecule has 2 rings (SSSR count). The van der Waals surface area contributed by atoms with Crippen LogP contribution in [0, 0.1) is 5.82 Å². The number of hydrogen-bond donors (Lipinski definition) is 1. The normalized spacial score (nSPS) is 12.8. The zero-order valence-electron chi connectivity index (χ0n) is 8.25. The highest BCUT2D eigenvalue weighted by molar-refractivity contribution is 9.11. The molecule has 0 spiro atoms. The van der Waals surface area contributed by atoms with Crippen LogP contribution < -0.4 is 0 Å². The van der Waals surface area contributed by atoms with E-state index in [2.05, 4.69) is 15.9 Å². The van der Waals surface area contributed by atoms with E-state index < -0.39 is 11.9 Å². The molecule has 90 valence electrons. The molecule has 0 saturated heterocycles. The van der Waals surface area contributed by atoms with Crippen LogP contribution in [0.5, 0.6) is 0 Å². The van der Waals surface area contributed by atoms with Gasteiger partial charge in [-0.25, -0.2) is 4.39 Å². The number of thiophene rings is 1. The maximum Gasteiger partial charge on any atom is 0.129 e. The first kappa shape index (κ1) is 13.3. The summed E-state index contributed by atoms with van der Waals surface area (Å²) in [7, 11) is 0. The minimum Gasteiger partial charge on any atom is -0.383 e. The fourth-order valence-electron chi connectivity index (χ4n) is 1.38. The van der Waals surface area contributed by atoms with Crippen LogP contribution in [0.15, 0.2) is 28.1 Å². The molecule has 17 heavy (non-hydrogen) atoms. The largest absolute Gasteiger partial charge is 0.383 e. The Morgan fingerprint density at radius 3 is 2.59 bits per heavy atom. The quantitative estimate of drug-likeness (QED) is 0.800. The van der Waals surface area contributed by atoms with E-state index in [4.69, 9.17) is 23.2 Å². The van der Waals surface area contributed by atoms with Crippen molar-refractivity contribution in [3.05, 3.63) is 54.4 Å². The summed E-state index contributed by atoms with van der Waals surface area (Å²) in [5, 5.41) is 10.9. The lowest BCUT2D eigenvalue weighted by molar-refractivity contribution is 0.219. The summed E-state index contributed by atoms with van der Waals surface area (Å²) in [5.74, 6) is -0.498. The molecule has 0 aliphatic rings. The van der Waals surface area contributed by atoms with Crippen molar-refractivity contribution in [2.45, 2.75) is 6.10 Å². The molecule has 0 fully saturated rings. The summed E-state index contributed by atoms with van der Waals surface area (Å²) in [6.45, 7) is 0. The van der Waals surface area contributed by atoms with Gasteiger partial charge in [-0.1, -0.05) is 23.2 Å². The van der Waals surface area contributed by atoms with Crippen LogP contribution in [-0.2, 0) is 0 Å². The first-order chi connectivity index (χ1) is 7.99. The molecule has 0 amide bonds. The van der Waals surface area contributed by atoms with Gasteiger partial charge >= 0.3 is 0 Å². The Bertz CT molecular complexity index is 539. The lowest BCUT2D eigenvalue weighted by Gasteiger charge is -2.10. The average molecular weight is 356 g/mol. The van der Waals surface area contributed by atoms with Gasteiger partial charge in [-0.2, -0.15) is 0 Å². The summed E-state index contributed by atoms with van der Waals surface area (Å²) in [5.41, 5.74) is 0.142. The van der Waals surface area contributed by atoms with Crippen LogP contribution in [0.25, 0.3) is 0 Å². The zero-order valence-corrected chi connectivity index (χ0v) is 12.2. The van der Waals surface area contributed by atoms with Crippen molar-refractivity contribution in [2.75, 3.05) is 0 Å². The van der Waals surface area contributed by atoms with Gasteiger partial charge in [0.05, 0.1) is 8.81 Å². The van der Waals surface area contributed by atoms with Crippen LogP contribution >= 0.6 is 50.5 Å². The minimum absolute atomic E-state index is 0.142. The van der Waals surface area contributed by atoms with Gasteiger partial charge in [-0.3, -0.25) is 0 Å². The smallest absolute Gasteiger partial charge is 0.129 e.